The number of nitrogens with zero attached hydrogens (tertiary/aromatic N) is 2. The highest BCUT2D eigenvalue weighted by molar-refractivity contribution is 7.99. The number of Topliss-reactive ketones (excluding diaryl/α,β-unsaturated/α-hetero) is 1. The van der Waals surface area contributed by atoms with E-state index in [9.17, 15) is 24.1 Å². The summed E-state index contributed by atoms with van der Waals surface area (Å²) in [6.07, 6.45) is 0.317. The van der Waals surface area contributed by atoms with Gasteiger partial charge in [0.25, 0.3) is 11.6 Å². The highest BCUT2D eigenvalue weighted by atomic mass is 32.2. The van der Waals surface area contributed by atoms with Crippen LogP contribution in [0, 0.1) is 21.3 Å². The van der Waals surface area contributed by atoms with Crippen molar-refractivity contribution in [2.75, 3.05) is 16.9 Å². The minimum Gasteiger partial charge on any atom is -0.324 e. The maximum atomic E-state index is 14.6. The number of nitro groups is 1. The molecule has 2 fully saturated rings. The normalized spacial score (nSPS) is 30.0. The van der Waals surface area contributed by atoms with Crippen molar-refractivity contribution in [2.45, 2.75) is 23.9 Å². The van der Waals surface area contributed by atoms with Gasteiger partial charge in [0.15, 0.2) is 5.78 Å². The predicted octanol–water partition coefficient (Wildman–Crippen LogP) is 4.48. The van der Waals surface area contributed by atoms with Crippen LogP contribution in [0.4, 0.5) is 15.8 Å². The number of anilines is 1. The van der Waals surface area contributed by atoms with Crippen LogP contribution < -0.4 is 5.32 Å². The zero-order chi connectivity index (χ0) is 24.8. The maximum Gasteiger partial charge on any atom is 0.269 e. The lowest BCUT2D eigenvalue weighted by molar-refractivity contribution is -0.385. The average Bonchev–Trinajstić information content (AvgIpc) is 3.58. The van der Waals surface area contributed by atoms with Gasteiger partial charge in [-0.15, -0.1) is 11.8 Å². The number of benzene rings is 3. The van der Waals surface area contributed by atoms with E-state index in [1.807, 2.05) is 18.2 Å². The molecule has 3 aromatic carbocycles. The Hall–Kier alpha value is -3.56. The van der Waals surface area contributed by atoms with Crippen LogP contribution in [-0.4, -0.2) is 39.2 Å². The second kappa shape index (κ2) is 7.24. The third kappa shape index (κ3) is 2.42. The van der Waals surface area contributed by atoms with E-state index >= 15 is 0 Å². The second-order valence-electron chi connectivity index (χ2n) is 9.85. The van der Waals surface area contributed by atoms with Crippen molar-refractivity contribution in [3.8, 4) is 0 Å². The van der Waals surface area contributed by atoms with Gasteiger partial charge in [0.1, 0.15) is 11.4 Å². The molecule has 0 unspecified atom stereocenters. The number of nitrogens with one attached hydrogen (secondary N) is 1. The molecular weight excluding hydrogens is 481 g/mol. The van der Waals surface area contributed by atoms with Crippen molar-refractivity contribution >= 4 is 34.8 Å². The monoisotopic (exact) mass is 501 g/mol. The molecular formula is C27H20FN3O4S. The third-order valence-corrected chi connectivity index (χ3v) is 9.50. The molecule has 2 saturated heterocycles. The van der Waals surface area contributed by atoms with Gasteiger partial charge in [0.05, 0.1) is 10.3 Å². The van der Waals surface area contributed by atoms with E-state index in [1.165, 1.54) is 24.3 Å². The molecule has 4 atom stereocenters. The van der Waals surface area contributed by atoms with Gasteiger partial charge in [-0.3, -0.25) is 24.6 Å². The molecule has 3 aromatic rings. The molecule has 4 aliphatic rings. The summed E-state index contributed by atoms with van der Waals surface area (Å²) in [5, 5.41) is 14.7. The fourth-order valence-electron chi connectivity index (χ4n) is 7.24. The summed E-state index contributed by atoms with van der Waals surface area (Å²) < 4.78 is 14.0. The number of hydrogen-bond donors (Lipinski definition) is 1. The average molecular weight is 502 g/mol. The Morgan fingerprint density at radius 1 is 1.08 bits per heavy atom. The summed E-state index contributed by atoms with van der Waals surface area (Å²) in [5.41, 5.74) is 0.376. The molecule has 0 bridgehead atoms. The number of ketones is 1. The number of amides is 1. The van der Waals surface area contributed by atoms with Gasteiger partial charge >= 0.3 is 0 Å². The van der Waals surface area contributed by atoms with Crippen molar-refractivity contribution in [1.82, 2.24) is 4.90 Å². The zero-order valence-electron chi connectivity index (χ0n) is 18.9. The van der Waals surface area contributed by atoms with Crippen LogP contribution in [0.1, 0.15) is 33.0 Å². The zero-order valence-corrected chi connectivity index (χ0v) is 19.8. The van der Waals surface area contributed by atoms with Crippen molar-refractivity contribution < 1.29 is 18.9 Å². The Kier molecular flexibility index (Phi) is 4.36. The van der Waals surface area contributed by atoms with Crippen LogP contribution >= 0.6 is 11.8 Å². The van der Waals surface area contributed by atoms with Crippen LogP contribution in [0.15, 0.2) is 66.7 Å². The first-order valence-electron chi connectivity index (χ1n) is 11.7. The first-order valence-corrected chi connectivity index (χ1v) is 12.9. The number of hydrogen-bond acceptors (Lipinski definition) is 6. The van der Waals surface area contributed by atoms with Gasteiger partial charge in [-0.05, 0) is 35.7 Å². The van der Waals surface area contributed by atoms with E-state index < -0.39 is 21.8 Å². The third-order valence-electron chi connectivity index (χ3n) is 8.46. The largest absolute Gasteiger partial charge is 0.324 e. The molecule has 3 aliphatic heterocycles. The summed E-state index contributed by atoms with van der Waals surface area (Å²) in [6.45, 7) is 0. The van der Waals surface area contributed by atoms with Gasteiger partial charge in [-0.2, -0.15) is 0 Å². The van der Waals surface area contributed by atoms with Gasteiger partial charge in [-0.1, -0.05) is 36.4 Å². The standard InChI is InChI=1S/C27H20FN3O4S/c28-17-7-5-15(6-8-17)23-22-13-36-14-30(22)27(26(23)12-16-3-1-2-4-19(16)24(26)32)20-11-18(31(34)35)9-10-21(20)29-25(27)33/h1-11,22-23H,12-14H2,(H,29,33)/t22-,23-,26-,27-/m0/s1. The number of non-ortho nitro benzene ring substituents is 1. The lowest BCUT2D eigenvalue weighted by atomic mass is 9.58. The Labute approximate surface area is 209 Å². The number of thioether (sulfide) groups is 1. The molecule has 7 nitrogen and oxygen atoms in total. The number of fused-ring (bicyclic) bond motifs is 6. The Morgan fingerprint density at radius 3 is 2.61 bits per heavy atom. The Bertz CT molecular complexity index is 1490. The predicted molar refractivity (Wildman–Crippen MR) is 132 cm³/mol. The molecule has 0 saturated carbocycles. The van der Waals surface area contributed by atoms with E-state index in [0.717, 1.165) is 11.1 Å². The SMILES string of the molecule is O=C1Nc2ccc([N+](=O)[O-])cc2[C@]12N1CSC[C@H]1[C@H](c1ccc(F)cc1)[C@]21Cc2ccccc2C1=O. The van der Waals surface area contributed by atoms with Crippen molar-refractivity contribution in [3.63, 3.8) is 0 Å². The van der Waals surface area contributed by atoms with Crippen LogP contribution in [0.2, 0.25) is 0 Å². The minimum atomic E-state index is -1.43. The molecule has 3 heterocycles. The van der Waals surface area contributed by atoms with Crippen molar-refractivity contribution in [3.05, 3.63) is 105 Å². The van der Waals surface area contributed by atoms with E-state index in [-0.39, 0.29) is 29.2 Å². The Balaban J connectivity index is 1.58. The fraction of sp³-hybridized carbons (Fsp3) is 0.259. The van der Waals surface area contributed by atoms with Crippen molar-refractivity contribution in [1.29, 1.82) is 0 Å². The van der Waals surface area contributed by atoms with E-state index in [2.05, 4.69) is 10.2 Å². The van der Waals surface area contributed by atoms with Crippen LogP contribution in [-0.2, 0) is 16.8 Å². The van der Waals surface area contributed by atoms with E-state index in [0.29, 0.717) is 34.9 Å². The molecule has 36 heavy (non-hydrogen) atoms. The minimum absolute atomic E-state index is 0.128. The molecule has 1 N–H and O–H groups in total. The number of nitro benzene ring substituents is 1. The molecule has 2 spiro atoms. The number of carbonyl (C=O) groups excluding carboxylic acids is 2. The summed E-state index contributed by atoms with van der Waals surface area (Å²) in [6, 6.07) is 17.8. The first kappa shape index (κ1) is 21.7. The quantitative estimate of drug-likeness (QED) is 0.411. The van der Waals surface area contributed by atoms with E-state index in [1.54, 1.807) is 36.0 Å². The first-order chi connectivity index (χ1) is 17.4. The summed E-state index contributed by atoms with van der Waals surface area (Å²) >= 11 is 1.67. The Morgan fingerprint density at radius 2 is 1.86 bits per heavy atom. The summed E-state index contributed by atoms with van der Waals surface area (Å²) in [5.74, 6) is -0.0731. The number of rotatable bonds is 2. The van der Waals surface area contributed by atoms with Gasteiger partial charge < -0.3 is 5.32 Å². The van der Waals surface area contributed by atoms with Gasteiger partial charge in [0, 0.05) is 52.5 Å². The lowest BCUT2D eigenvalue weighted by Crippen LogP contribution is -2.58. The topological polar surface area (TPSA) is 92.5 Å². The molecule has 180 valence electrons. The molecule has 0 aromatic heterocycles. The van der Waals surface area contributed by atoms with Gasteiger partial charge in [0.2, 0.25) is 0 Å². The fourth-order valence-corrected chi connectivity index (χ4v) is 8.54. The molecule has 0 radical (unpaired) electrons. The lowest BCUT2D eigenvalue weighted by Gasteiger charge is -2.44. The molecule has 1 aliphatic carbocycles. The highest BCUT2D eigenvalue weighted by Gasteiger charge is 2.79. The summed E-state index contributed by atoms with van der Waals surface area (Å²) in [4.78, 5) is 42.2. The smallest absolute Gasteiger partial charge is 0.269 e. The number of carbonyl (C=O) groups is 2. The molecule has 7 rings (SSSR count). The van der Waals surface area contributed by atoms with Crippen LogP contribution in [0.25, 0.3) is 0 Å². The second-order valence-corrected chi connectivity index (χ2v) is 10.9. The van der Waals surface area contributed by atoms with Crippen molar-refractivity contribution in [2.24, 2.45) is 5.41 Å². The maximum absolute atomic E-state index is 14.6. The highest BCUT2D eigenvalue weighted by Crippen LogP contribution is 2.70. The summed E-state index contributed by atoms with van der Waals surface area (Å²) in [7, 11) is 0. The number of halogens is 1. The molecule has 1 amide bonds. The molecule has 9 heteroatoms. The van der Waals surface area contributed by atoms with Crippen LogP contribution in [0.5, 0.6) is 0 Å². The van der Waals surface area contributed by atoms with Crippen LogP contribution in [0.3, 0.4) is 0 Å². The van der Waals surface area contributed by atoms with Gasteiger partial charge in [-0.25, -0.2) is 4.39 Å². The van der Waals surface area contributed by atoms with E-state index in [4.69, 9.17) is 0 Å².